The largest absolute Gasteiger partial charge is 0.481 e. The number of hydrogen-bond donors (Lipinski definition) is 2. The monoisotopic (exact) mass is 587 g/mol. The Hall–Kier alpha value is -3.57. The lowest BCUT2D eigenvalue weighted by atomic mass is 9.75. The summed E-state index contributed by atoms with van der Waals surface area (Å²) in [5, 5.41) is 13.2. The highest BCUT2D eigenvalue weighted by atomic mass is 35.5. The van der Waals surface area contributed by atoms with Gasteiger partial charge < -0.3 is 15.2 Å². The number of aliphatic carboxylic acids is 1. The zero-order chi connectivity index (χ0) is 28.3. The van der Waals surface area contributed by atoms with Crippen LogP contribution in [0.4, 0.5) is 5.69 Å². The van der Waals surface area contributed by atoms with Crippen LogP contribution in [0.5, 0.6) is 0 Å². The van der Waals surface area contributed by atoms with E-state index in [9.17, 15) is 32.7 Å². The summed E-state index contributed by atoms with van der Waals surface area (Å²) in [5.41, 5.74) is -2.10. The molecule has 12 heteroatoms. The van der Waals surface area contributed by atoms with Gasteiger partial charge in [0.2, 0.25) is 23.1 Å². The highest BCUT2D eigenvalue weighted by molar-refractivity contribution is 7.90. The Labute approximate surface area is 232 Å². The summed E-state index contributed by atoms with van der Waals surface area (Å²) < 4.78 is 29.7. The summed E-state index contributed by atoms with van der Waals surface area (Å²) >= 11 is 12.2. The third-order valence-electron chi connectivity index (χ3n) is 6.92. The van der Waals surface area contributed by atoms with Crippen LogP contribution < -0.4 is 5.32 Å². The minimum absolute atomic E-state index is 0.000870. The number of benzene rings is 3. The van der Waals surface area contributed by atoms with Crippen molar-refractivity contribution in [2.24, 2.45) is 11.8 Å². The molecule has 1 aliphatic heterocycles. The van der Waals surface area contributed by atoms with E-state index in [1.165, 1.54) is 66.7 Å². The first kappa shape index (κ1) is 27.0. The summed E-state index contributed by atoms with van der Waals surface area (Å²) in [6.07, 6.45) is -0.346. The Morgan fingerprint density at radius 3 is 2.03 bits per heavy atom. The van der Waals surface area contributed by atoms with Crippen molar-refractivity contribution in [3.8, 4) is 0 Å². The van der Waals surface area contributed by atoms with Crippen molar-refractivity contribution in [3.63, 3.8) is 0 Å². The van der Waals surface area contributed by atoms with Crippen molar-refractivity contribution >= 4 is 62.2 Å². The summed E-state index contributed by atoms with van der Waals surface area (Å²) in [6.45, 7) is 0. The fourth-order valence-corrected chi connectivity index (χ4v) is 6.08. The average Bonchev–Trinajstić information content (AvgIpc) is 3.36. The molecule has 2 N–H and O–H groups in total. The lowest BCUT2D eigenvalue weighted by molar-refractivity contribution is -0.147. The molecule has 3 unspecified atom stereocenters. The fourth-order valence-electron chi connectivity index (χ4n) is 5.14. The van der Waals surface area contributed by atoms with Gasteiger partial charge in [-0.25, -0.2) is 8.42 Å². The maximum Gasteiger partial charge on any atom is 0.311 e. The normalized spacial score (nSPS) is 21.7. The maximum atomic E-state index is 13.7. The summed E-state index contributed by atoms with van der Waals surface area (Å²) in [4.78, 5) is 53.8. The van der Waals surface area contributed by atoms with Crippen molar-refractivity contribution in [3.05, 3.63) is 93.5 Å². The number of hydrogen-bond acceptors (Lipinski definition) is 7. The minimum Gasteiger partial charge on any atom is -0.481 e. The van der Waals surface area contributed by atoms with E-state index in [2.05, 4.69) is 5.32 Å². The molecule has 2 aliphatic rings. The molecular formula is C27H19Cl2NO8S. The topological polar surface area (TPSA) is 144 Å². The Kier molecular flexibility index (Phi) is 6.62. The summed E-state index contributed by atoms with van der Waals surface area (Å²) in [5.74, 6) is -7.63. The van der Waals surface area contributed by atoms with Crippen molar-refractivity contribution in [2.75, 3.05) is 11.6 Å². The van der Waals surface area contributed by atoms with Crippen LogP contribution in [0.3, 0.4) is 0 Å². The average molecular weight is 588 g/mol. The van der Waals surface area contributed by atoms with Crippen molar-refractivity contribution < 1.29 is 37.4 Å². The standard InChI is InChI=1S/C27H19Cl2NO8S/c1-39(36,37)15-9-7-14(8-10-15)30-25(33)20-21(26(34)35)27(23(31)16-4-2-3-5-17(16)24(27)32)38-22(20)13-6-11-18(28)19(29)12-13/h2-12,20-22H,1H3,(H,30,33)(H,34,35). The van der Waals surface area contributed by atoms with Crippen LogP contribution in [-0.4, -0.2) is 48.8 Å². The zero-order valence-corrected chi connectivity index (χ0v) is 22.4. The number of fused-ring (bicyclic) bond motifs is 1. The minimum atomic E-state index is -3.50. The Morgan fingerprint density at radius 2 is 1.51 bits per heavy atom. The van der Waals surface area contributed by atoms with E-state index >= 15 is 0 Å². The second kappa shape index (κ2) is 9.56. The van der Waals surface area contributed by atoms with Crippen LogP contribution in [0.1, 0.15) is 32.4 Å². The number of carbonyl (C=O) groups excluding carboxylic acids is 3. The quantitative estimate of drug-likeness (QED) is 0.422. The number of rotatable bonds is 5. The molecule has 0 radical (unpaired) electrons. The molecule has 1 aliphatic carbocycles. The molecule has 5 rings (SSSR count). The zero-order valence-electron chi connectivity index (χ0n) is 20.1. The molecule has 0 aromatic heterocycles. The number of carbonyl (C=O) groups is 4. The summed E-state index contributed by atoms with van der Waals surface area (Å²) in [7, 11) is -3.50. The van der Waals surface area contributed by atoms with Gasteiger partial charge in [0, 0.05) is 23.1 Å². The van der Waals surface area contributed by atoms with Gasteiger partial charge in [-0.05, 0) is 42.0 Å². The van der Waals surface area contributed by atoms with Crippen LogP contribution >= 0.6 is 23.2 Å². The molecule has 1 amide bonds. The first-order valence-corrected chi connectivity index (χ1v) is 14.2. The van der Waals surface area contributed by atoms with E-state index in [-0.39, 0.29) is 37.3 Å². The van der Waals surface area contributed by atoms with Crippen molar-refractivity contribution in [1.82, 2.24) is 0 Å². The van der Waals surface area contributed by atoms with E-state index in [1.54, 1.807) is 0 Å². The molecule has 3 aromatic rings. The number of carboxylic acids is 1. The Morgan fingerprint density at radius 1 is 0.923 bits per heavy atom. The fraction of sp³-hybridized carbons (Fsp3) is 0.185. The van der Waals surface area contributed by atoms with E-state index in [1.807, 2.05) is 0 Å². The van der Waals surface area contributed by atoms with Crippen LogP contribution in [-0.2, 0) is 24.2 Å². The Bertz CT molecular complexity index is 1630. The lowest BCUT2D eigenvalue weighted by Crippen LogP contribution is -2.52. The number of sulfone groups is 1. The SMILES string of the molecule is CS(=O)(=O)c1ccc(NC(=O)C2C(c3ccc(Cl)c(Cl)c3)OC3(C(=O)c4ccccc4C3=O)C2C(=O)O)cc1. The number of halogens is 2. The van der Waals surface area contributed by atoms with Gasteiger partial charge >= 0.3 is 5.97 Å². The summed E-state index contributed by atoms with van der Waals surface area (Å²) in [6, 6.07) is 15.4. The van der Waals surface area contributed by atoms with Gasteiger partial charge in [-0.2, -0.15) is 0 Å². The first-order chi connectivity index (χ1) is 18.4. The first-order valence-electron chi connectivity index (χ1n) is 11.5. The Balaban J connectivity index is 1.62. The highest BCUT2D eigenvalue weighted by Crippen LogP contribution is 2.54. The number of ether oxygens (including phenoxy) is 1. The molecule has 1 heterocycles. The predicted octanol–water partition coefficient (Wildman–Crippen LogP) is 4.24. The predicted molar refractivity (Wildman–Crippen MR) is 141 cm³/mol. The van der Waals surface area contributed by atoms with Crippen LogP contribution in [0, 0.1) is 11.8 Å². The number of anilines is 1. The van der Waals surface area contributed by atoms with Crippen LogP contribution in [0.15, 0.2) is 71.6 Å². The molecule has 3 atom stereocenters. The number of amides is 1. The van der Waals surface area contributed by atoms with Crippen molar-refractivity contribution in [1.29, 1.82) is 0 Å². The third-order valence-corrected chi connectivity index (χ3v) is 8.79. The van der Waals surface area contributed by atoms with Crippen LogP contribution in [0.2, 0.25) is 10.0 Å². The van der Waals surface area contributed by atoms with E-state index in [0.29, 0.717) is 0 Å². The molecule has 1 fully saturated rings. The maximum absolute atomic E-state index is 13.7. The highest BCUT2D eigenvalue weighted by Gasteiger charge is 2.71. The molecule has 3 aromatic carbocycles. The molecule has 0 saturated carbocycles. The van der Waals surface area contributed by atoms with Gasteiger partial charge in [-0.1, -0.05) is 53.5 Å². The number of Topliss-reactive ketones (excluding diaryl/α,β-unsaturated/α-hetero) is 2. The second-order valence-electron chi connectivity index (χ2n) is 9.28. The molecule has 9 nitrogen and oxygen atoms in total. The van der Waals surface area contributed by atoms with Gasteiger partial charge in [0.15, 0.2) is 9.84 Å². The van der Waals surface area contributed by atoms with Crippen molar-refractivity contribution in [2.45, 2.75) is 16.6 Å². The molecule has 1 saturated heterocycles. The second-order valence-corrected chi connectivity index (χ2v) is 12.1. The van der Waals surface area contributed by atoms with Crippen LogP contribution in [0.25, 0.3) is 0 Å². The van der Waals surface area contributed by atoms with Gasteiger partial charge in [0.1, 0.15) is 5.92 Å². The number of ketones is 2. The molecular weight excluding hydrogens is 569 g/mol. The number of carboxylic acid groups (broad SMARTS) is 1. The molecule has 200 valence electrons. The van der Waals surface area contributed by atoms with E-state index < -0.39 is 56.8 Å². The van der Waals surface area contributed by atoms with E-state index in [4.69, 9.17) is 27.9 Å². The third kappa shape index (κ3) is 4.33. The van der Waals surface area contributed by atoms with E-state index in [0.717, 1.165) is 6.26 Å². The lowest BCUT2D eigenvalue weighted by Gasteiger charge is -2.25. The van der Waals surface area contributed by atoms with Gasteiger partial charge in [0.05, 0.1) is 27.0 Å². The smallest absolute Gasteiger partial charge is 0.311 e. The van der Waals surface area contributed by atoms with Gasteiger partial charge in [-0.15, -0.1) is 0 Å². The van der Waals surface area contributed by atoms with Gasteiger partial charge in [0.25, 0.3) is 0 Å². The molecule has 1 spiro atoms. The number of nitrogens with one attached hydrogen (secondary N) is 1. The molecule has 0 bridgehead atoms. The van der Waals surface area contributed by atoms with Gasteiger partial charge in [-0.3, -0.25) is 19.2 Å². The molecule has 39 heavy (non-hydrogen) atoms.